The second-order valence-corrected chi connectivity index (χ2v) is 19.1. The molecule has 0 radical (unpaired) electrons. The summed E-state index contributed by atoms with van der Waals surface area (Å²) in [5.41, 5.74) is 17.0. The van der Waals surface area contributed by atoms with Gasteiger partial charge in [0.25, 0.3) is 0 Å². The number of ether oxygens (including phenoxy) is 1. The van der Waals surface area contributed by atoms with Crippen molar-refractivity contribution in [3.63, 3.8) is 0 Å². The summed E-state index contributed by atoms with van der Waals surface area (Å²) < 4.78 is 5.53. The second kappa shape index (κ2) is 28.6. The number of nitrogens with one attached hydrogen (secondary N) is 7. The molecule has 2 heterocycles. The Balaban J connectivity index is 1.99. The number of amides is 10. The molecule has 14 N–H and O–H groups in total. The summed E-state index contributed by atoms with van der Waals surface area (Å²) in [5, 5.41) is 28.7. The van der Waals surface area contributed by atoms with Crippen LogP contribution in [0.1, 0.15) is 78.2 Å². The molecule has 1 aromatic carbocycles. The summed E-state index contributed by atoms with van der Waals surface area (Å²) in [6, 6.07) is -2.62. The van der Waals surface area contributed by atoms with Crippen LogP contribution in [0.3, 0.4) is 0 Å². The van der Waals surface area contributed by atoms with E-state index in [4.69, 9.17) is 21.9 Å². The van der Waals surface area contributed by atoms with Gasteiger partial charge in [0.2, 0.25) is 59.1 Å². The average Bonchev–Trinajstić information content (AvgIpc) is 3.79. The van der Waals surface area contributed by atoms with Crippen LogP contribution in [0.15, 0.2) is 24.3 Å². The lowest BCUT2D eigenvalue weighted by atomic mass is 9.96. The molecule has 9 atom stereocenters. The number of nitrogens with zero attached hydrogens (tertiary/aromatic N) is 1. The van der Waals surface area contributed by atoms with E-state index in [1.807, 2.05) is 6.92 Å². The van der Waals surface area contributed by atoms with E-state index in [1.54, 1.807) is 38.1 Å². The Labute approximate surface area is 403 Å². The predicted molar refractivity (Wildman–Crippen MR) is 253 cm³/mol. The lowest BCUT2D eigenvalue weighted by molar-refractivity contribution is -0.142. The molecule has 0 saturated carbocycles. The number of carbonyl (C=O) groups excluding carboxylic acids is 10. The van der Waals surface area contributed by atoms with Gasteiger partial charge in [-0.05, 0) is 69.7 Å². The molecule has 10 amide bonds. The highest BCUT2D eigenvalue weighted by Gasteiger charge is 2.41. The topological polar surface area (TPSA) is 366 Å². The lowest BCUT2D eigenvalue weighted by Crippen LogP contribution is -2.63. The van der Waals surface area contributed by atoms with Crippen molar-refractivity contribution in [2.45, 2.75) is 127 Å². The molecule has 2 aliphatic rings. The summed E-state index contributed by atoms with van der Waals surface area (Å²) in [5.74, 6) is -8.07. The number of aliphatic hydroxyl groups is 1. The Morgan fingerprint density at radius 3 is 2.15 bits per heavy atom. The van der Waals surface area contributed by atoms with Crippen LogP contribution < -0.4 is 59.2 Å². The number of rotatable bonds is 18. The average molecular weight is 994 g/mol. The van der Waals surface area contributed by atoms with Crippen molar-refractivity contribution in [3.05, 3.63) is 29.8 Å². The van der Waals surface area contributed by atoms with Gasteiger partial charge in [-0.15, -0.1) is 0 Å². The highest BCUT2D eigenvalue weighted by molar-refractivity contribution is 8.76. The van der Waals surface area contributed by atoms with Crippen molar-refractivity contribution in [1.82, 2.24) is 42.1 Å². The number of likely N-dealkylation sites (tertiary alicyclic amines) is 1. The van der Waals surface area contributed by atoms with Crippen molar-refractivity contribution >= 4 is 80.7 Å². The summed E-state index contributed by atoms with van der Waals surface area (Å²) in [6.07, 6.45) is -1.05. The minimum absolute atomic E-state index is 0.0243. The van der Waals surface area contributed by atoms with E-state index >= 15 is 0 Å². The Hall–Kier alpha value is -5.66. The maximum absolute atomic E-state index is 14.4. The Bertz CT molecular complexity index is 1950. The summed E-state index contributed by atoms with van der Waals surface area (Å²) in [7, 11) is 2.27. The van der Waals surface area contributed by atoms with Gasteiger partial charge < -0.3 is 69.2 Å². The van der Waals surface area contributed by atoms with Crippen LogP contribution in [0.2, 0.25) is 0 Å². The molecule has 2 fully saturated rings. The molecular formula is C43H67N11O12S2. The molecule has 2 saturated heterocycles. The zero-order chi connectivity index (χ0) is 50.5. The minimum Gasteiger partial charge on any atom is -0.494 e. The van der Waals surface area contributed by atoms with Crippen molar-refractivity contribution < 1.29 is 57.8 Å². The number of hydrogen-bond donors (Lipinski definition) is 11. The molecule has 25 heteroatoms. The van der Waals surface area contributed by atoms with Crippen molar-refractivity contribution in [2.24, 2.45) is 23.1 Å². The number of aliphatic hydroxyl groups excluding tert-OH is 1. The molecule has 3 unspecified atom stereocenters. The summed E-state index contributed by atoms with van der Waals surface area (Å²) >= 11 is 0. The number of hydrogen-bond acceptors (Lipinski definition) is 15. The largest absolute Gasteiger partial charge is 0.494 e. The molecule has 0 spiro atoms. The first kappa shape index (κ1) is 56.7. The Morgan fingerprint density at radius 2 is 1.53 bits per heavy atom. The zero-order valence-electron chi connectivity index (χ0n) is 38.8. The maximum Gasteiger partial charge on any atom is 0.246 e. The normalized spacial score (nSPS) is 23.8. The van der Waals surface area contributed by atoms with E-state index in [2.05, 4.69) is 37.2 Å². The van der Waals surface area contributed by atoms with Gasteiger partial charge in [-0.2, -0.15) is 0 Å². The molecule has 3 rings (SSSR count). The molecule has 0 aliphatic carbocycles. The van der Waals surface area contributed by atoms with Crippen molar-refractivity contribution in [2.75, 3.05) is 37.7 Å². The van der Waals surface area contributed by atoms with Gasteiger partial charge in [0.15, 0.2) is 0 Å². The summed E-state index contributed by atoms with van der Waals surface area (Å²) in [4.78, 5) is 135. The molecule has 68 heavy (non-hydrogen) atoms. The van der Waals surface area contributed by atoms with Gasteiger partial charge in [0, 0.05) is 30.9 Å². The zero-order valence-corrected chi connectivity index (χ0v) is 40.5. The molecule has 0 aromatic heterocycles. The highest BCUT2D eigenvalue weighted by Crippen LogP contribution is 2.26. The fraction of sp³-hybridized carbons (Fsp3) is 0.628. The Kier molecular flexibility index (Phi) is 23.8. The molecule has 1 aromatic rings. The van der Waals surface area contributed by atoms with Crippen LogP contribution >= 0.6 is 21.6 Å². The standard InChI is InChI=1S/C43H67N11O12S2/c1-5-23(3)35-41(63)53-36(24(4)55)42(64)50-29(20-32(45)56)38(60)51-30(43(65)54-17-8-10-31(54)40(62)49-27(9-7-16-44)37(59)47-21-33(46)57)22-68-67-18-15-34(58)48-28(39(61)52-35)19-25-11-13-26(14-12-25)66-6-2/h11-14,23-24,27-31,35-36,55H,5-10,15-22,44H2,1-4H3,(H2,45,56)(H2,46,57)(H,47,59)(H,48,58)(H,49,62)(H,50,64)(H,51,60)(H,52,61)(H,53,63)/t23-,24+,27-,28?,29-,30?,31-,35?,36-/m0/s1. The van der Waals surface area contributed by atoms with E-state index in [-0.39, 0.29) is 50.3 Å². The monoisotopic (exact) mass is 993 g/mol. The Morgan fingerprint density at radius 1 is 0.868 bits per heavy atom. The van der Waals surface area contributed by atoms with Crippen LogP contribution in [-0.2, 0) is 54.4 Å². The first-order valence-electron chi connectivity index (χ1n) is 22.6. The fourth-order valence-electron chi connectivity index (χ4n) is 7.29. The third-order valence-corrected chi connectivity index (χ3v) is 13.6. The molecule has 378 valence electrons. The fourth-order valence-corrected chi connectivity index (χ4v) is 9.44. The van der Waals surface area contributed by atoms with E-state index in [1.165, 1.54) is 22.6 Å². The smallest absolute Gasteiger partial charge is 0.246 e. The van der Waals surface area contributed by atoms with Gasteiger partial charge >= 0.3 is 0 Å². The molecule has 23 nitrogen and oxygen atoms in total. The van der Waals surface area contributed by atoms with Gasteiger partial charge in [0.1, 0.15) is 48.0 Å². The van der Waals surface area contributed by atoms with Crippen LogP contribution in [0.5, 0.6) is 5.75 Å². The number of carbonyl (C=O) groups is 10. The maximum atomic E-state index is 14.4. The first-order chi connectivity index (χ1) is 32.3. The van der Waals surface area contributed by atoms with Crippen LogP contribution in [0, 0.1) is 5.92 Å². The predicted octanol–water partition coefficient (Wildman–Crippen LogP) is -3.04. The lowest BCUT2D eigenvalue weighted by Gasteiger charge is -2.31. The van der Waals surface area contributed by atoms with Gasteiger partial charge in [-0.3, -0.25) is 47.9 Å². The van der Waals surface area contributed by atoms with Crippen molar-refractivity contribution in [3.8, 4) is 5.75 Å². The van der Waals surface area contributed by atoms with E-state index in [0.717, 1.165) is 10.8 Å². The van der Waals surface area contributed by atoms with Crippen LogP contribution in [0.4, 0.5) is 0 Å². The van der Waals surface area contributed by atoms with Crippen LogP contribution in [-0.4, -0.2) is 155 Å². The minimum atomic E-state index is -1.74. The van der Waals surface area contributed by atoms with Gasteiger partial charge in [0.05, 0.1) is 25.7 Å². The van der Waals surface area contributed by atoms with Crippen molar-refractivity contribution in [1.29, 1.82) is 0 Å². The number of benzene rings is 1. The number of primary amides is 2. The van der Waals surface area contributed by atoms with E-state index < -0.39 is 126 Å². The molecule has 0 bridgehead atoms. The third-order valence-electron chi connectivity index (χ3n) is 11.2. The quantitative estimate of drug-likeness (QED) is 0.0652. The van der Waals surface area contributed by atoms with E-state index in [0.29, 0.717) is 37.2 Å². The summed E-state index contributed by atoms with van der Waals surface area (Å²) in [6.45, 7) is 6.72. The number of nitrogens with two attached hydrogens (primary N) is 3. The van der Waals surface area contributed by atoms with Gasteiger partial charge in [-0.1, -0.05) is 54.0 Å². The van der Waals surface area contributed by atoms with E-state index in [9.17, 15) is 53.1 Å². The second-order valence-electron chi connectivity index (χ2n) is 16.5. The van der Waals surface area contributed by atoms with Gasteiger partial charge in [-0.25, -0.2) is 0 Å². The molecular weight excluding hydrogens is 927 g/mol. The first-order valence-corrected chi connectivity index (χ1v) is 25.1. The molecule has 2 aliphatic heterocycles. The third kappa shape index (κ3) is 18.1. The SMILES string of the molecule is CCOc1ccc(CC2NC(=O)CCSSCC(C(=O)N3CCC[C@H]3C(=O)N[C@@H](CCCN)C(=O)NCC(N)=O)NC(=O)[C@H](CC(N)=O)NC(=O)[C@H]([C@@H](C)O)NC(=O)C([C@@H](C)CC)NC2=O)cc1. The highest BCUT2D eigenvalue weighted by atomic mass is 33.1. The van der Waals surface area contributed by atoms with Crippen LogP contribution in [0.25, 0.3) is 0 Å².